The van der Waals surface area contributed by atoms with Crippen LogP contribution in [0.2, 0.25) is 0 Å². The van der Waals surface area contributed by atoms with Gasteiger partial charge in [-0.05, 0) is 18.6 Å². The fourth-order valence-corrected chi connectivity index (χ4v) is 4.13. The molecule has 0 saturated carbocycles. The number of unbranched alkanes of at least 4 members (excludes halogenated alkanes) is 14. The first kappa shape index (κ1) is 32.9. The van der Waals surface area contributed by atoms with E-state index < -0.39 is 41.7 Å². The Morgan fingerprint density at radius 1 is 0.703 bits per heavy atom. The predicted molar refractivity (Wildman–Crippen MR) is 136 cm³/mol. The second kappa shape index (κ2) is 19.9. The number of hydrogen-bond donors (Lipinski definition) is 0. The predicted octanol–water partition coefficient (Wildman–Crippen LogP) is 9.08. The van der Waals surface area contributed by atoms with Crippen LogP contribution in [0.15, 0.2) is 18.2 Å². The Kier molecular flexibility index (Phi) is 17.7. The summed E-state index contributed by atoms with van der Waals surface area (Å²) in [5.74, 6) is -2.56. The molecule has 1 rings (SSSR count). The number of ether oxygens (including phenoxy) is 2. The molecule has 0 atom stereocenters. The number of alkyl halides is 3. The van der Waals surface area contributed by atoms with E-state index in [1.54, 1.807) is 0 Å². The van der Waals surface area contributed by atoms with Gasteiger partial charge in [0.1, 0.15) is 12.4 Å². The Labute approximate surface area is 219 Å². The molecule has 0 unspecified atom stereocenters. The fraction of sp³-hybridized carbons (Fsp3) is 0.724. The highest BCUT2D eigenvalue weighted by molar-refractivity contribution is 5.77. The van der Waals surface area contributed by atoms with E-state index in [0.717, 1.165) is 37.5 Å². The van der Waals surface area contributed by atoms with Crippen LogP contribution in [-0.4, -0.2) is 18.5 Å². The molecule has 0 spiro atoms. The molecule has 8 heteroatoms. The van der Waals surface area contributed by atoms with E-state index in [0.29, 0.717) is 0 Å². The quantitative estimate of drug-likeness (QED) is 0.0900. The Bertz CT molecular complexity index is 765. The van der Waals surface area contributed by atoms with Gasteiger partial charge in [0.05, 0.1) is 25.0 Å². The Balaban J connectivity index is 1.99. The molecule has 0 aliphatic rings. The molecule has 1 aromatic carbocycles. The summed E-state index contributed by atoms with van der Waals surface area (Å²) in [4.78, 5) is 23.6. The molecule has 0 aromatic heterocycles. The first-order valence-electron chi connectivity index (χ1n) is 13.9. The van der Waals surface area contributed by atoms with Gasteiger partial charge in [0.15, 0.2) is 0 Å². The van der Waals surface area contributed by atoms with Crippen molar-refractivity contribution in [2.75, 3.05) is 6.61 Å². The highest BCUT2D eigenvalue weighted by Crippen LogP contribution is 2.33. The highest BCUT2D eigenvalue weighted by Gasteiger charge is 2.34. The molecule has 0 heterocycles. The van der Waals surface area contributed by atoms with Crippen molar-refractivity contribution in [3.8, 4) is 0 Å². The normalized spacial score (nSPS) is 11.5. The molecule has 0 aliphatic carbocycles. The van der Waals surface area contributed by atoms with Crippen molar-refractivity contribution >= 4 is 11.9 Å². The maximum Gasteiger partial charge on any atom is 0.416 e. The molecule has 0 radical (unpaired) electrons. The standard InChI is InChI=1S/C29H44F4O4/c1-2-3-4-5-6-7-8-9-10-11-12-13-14-15-16-22-36-27(34)20-21-28(35)37-23-24-25(29(31,32)33)18-17-19-26(24)30/h17-19H,2-16,20-23H2,1H3. The minimum absolute atomic E-state index is 0.235. The lowest BCUT2D eigenvalue weighted by atomic mass is 10.0. The molecule has 0 bridgehead atoms. The second-order valence-electron chi connectivity index (χ2n) is 9.59. The van der Waals surface area contributed by atoms with Gasteiger partial charge in [0.25, 0.3) is 0 Å². The van der Waals surface area contributed by atoms with Gasteiger partial charge in [-0.1, -0.05) is 103 Å². The average Bonchev–Trinajstić information content (AvgIpc) is 2.85. The van der Waals surface area contributed by atoms with Crippen LogP contribution in [0, 0.1) is 5.82 Å². The van der Waals surface area contributed by atoms with E-state index in [9.17, 15) is 27.2 Å². The number of esters is 2. The molecule has 0 aliphatic heterocycles. The van der Waals surface area contributed by atoms with Crippen molar-refractivity contribution < 1.29 is 36.6 Å². The zero-order chi connectivity index (χ0) is 27.4. The average molecular weight is 533 g/mol. The fourth-order valence-electron chi connectivity index (χ4n) is 4.13. The third-order valence-electron chi connectivity index (χ3n) is 6.35. The number of carbonyl (C=O) groups excluding carboxylic acids is 2. The monoisotopic (exact) mass is 532 g/mol. The molecule has 4 nitrogen and oxygen atoms in total. The Morgan fingerprint density at radius 2 is 1.16 bits per heavy atom. The Morgan fingerprint density at radius 3 is 1.65 bits per heavy atom. The maximum atomic E-state index is 13.8. The lowest BCUT2D eigenvalue weighted by Crippen LogP contribution is -2.15. The molecule has 0 saturated heterocycles. The van der Waals surface area contributed by atoms with Crippen LogP contribution < -0.4 is 0 Å². The minimum atomic E-state index is -4.76. The number of benzene rings is 1. The van der Waals surface area contributed by atoms with Gasteiger partial charge in [0.2, 0.25) is 0 Å². The summed E-state index contributed by atoms with van der Waals surface area (Å²) in [7, 11) is 0. The maximum absolute atomic E-state index is 13.8. The van der Waals surface area contributed by atoms with Crippen molar-refractivity contribution in [3.05, 3.63) is 35.1 Å². The zero-order valence-corrected chi connectivity index (χ0v) is 22.3. The molecule has 37 heavy (non-hydrogen) atoms. The van der Waals surface area contributed by atoms with Crippen LogP contribution in [0.4, 0.5) is 17.6 Å². The highest BCUT2D eigenvalue weighted by atomic mass is 19.4. The van der Waals surface area contributed by atoms with Gasteiger partial charge < -0.3 is 9.47 Å². The molecule has 212 valence electrons. The number of rotatable bonds is 21. The Hall–Kier alpha value is -2.12. The first-order chi connectivity index (χ1) is 17.8. The molecular weight excluding hydrogens is 488 g/mol. The van der Waals surface area contributed by atoms with E-state index in [1.165, 1.54) is 77.0 Å². The van der Waals surface area contributed by atoms with E-state index in [4.69, 9.17) is 9.47 Å². The van der Waals surface area contributed by atoms with E-state index in [1.807, 2.05) is 0 Å². The summed E-state index contributed by atoms with van der Waals surface area (Å²) < 4.78 is 62.5. The van der Waals surface area contributed by atoms with Crippen LogP contribution in [-0.2, 0) is 31.8 Å². The first-order valence-corrected chi connectivity index (χ1v) is 13.9. The van der Waals surface area contributed by atoms with Gasteiger partial charge in [-0.3, -0.25) is 9.59 Å². The SMILES string of the molecule is CCCCCCCCCCCCCCCCCOC(=O)CCC(=O)OCc1c(F)cccc1C(F)(F)F. The lowest BCUT2D eigenvalue weighted by Gasteiger charge is -2.13. The van der Waals surface area contributed by atoms with Crippen LogP contribution >= 0.6 is 0 Å². The van der Waals surface area contributed by atoms with Crippen LogP contribution in [0.3, 0.4) is 0 Å². The van der Waals surface area contributed by atoms with Crippen molar-refractivity contribution in [2.24, 2.45) is 0 Å². The van der Waals surface area contributed by atoms with Gasteiger partial charge in [-0.15, -0.1) is 0 Å². The summed E-state index contributed by atoms with van der Waals surface area (Å²) in [5, 5.41) is 0. The van der Waals surface area contributed by atoms with Crippen molar-refractivity contribution in [1.29, 1.82) is 0 Å². The molecular formula is C29H44F4O4. The number of carbonyl (C=O) groups is 2. The minimum Gasteiger partial charge on any atom is -0.466 e. The van der Waals surface area contributed by atoms with Gasteiger partial charge in [-0.2, -0.15) is 13.2 Å². The lowest BCUT2D eigenvalue weighted by molar-refractivity contribution is -0.152. The third kappa shape index (κ3) is 16.4. The topological polar surface area (TPSA) is 52.6 Å². The van der Waals surface area contributed by atoms with Crippen molar-refractivity contribution in [3.63, 3.8) is 0 Å². The summed E-state index contributed by atoms with van der Waals surface area (Å²) in [6, 6.07) is 2.54. The van der Waals surface area contributed by atoms with Gasteiger partial charge >= 0.3 is 18.1 Å². The number of hydrogen-bond acceptors (Lipinski definition) is 4. The number of halogens is 4. The van der Waals surface area contributed by atoms with Crippen LogP contribution in [0.25, 0.3) is 0 Å². The van der Waals surface area contributed by atoms with E-state index in [-0.39, 0.29) is 19.4 Å². The second-order valence-corrected chi connectivity index (χ2v) is 9.59. The van der Waals surface area contributed by atoms with Crippen molar-refractivity contribution in [2.45, 2.75) is 129 Å². The van der Waals surface area contributed by atoms with Gasteiger partial charge in [-0.25, -0.2) is 4.39 Å². The molecule has 0 N–H and O–H groups in total. The summed E-state index contributed by atoms with van der Waals surface area (Å²) in [6.07, 6.45) is 13.3. The van der Waals surface area contributed by atoms with Crippen LogP contribution in [0.5, 0.6) is 0 Å². The summed E-state index contributed by atoms with van der Waals surface area (Å²) >= 11 is 0. The van der Waals surface area contributed by atoms with Gasteiger partial charge in [0, 0.05) is 5.56 Å². The summed E-state index contributed by atoms with van der Waals surface area (Å²) in [5.41, 5.74) is -1.93. The zero-order valence-electron chi connectivity index (χ0n) is 22.3. The van der Waals surface area contributed by atoms with E-state index in [2.05, 4.69) is 6.92 Å². The van der Waals surface area contributed by atoms with Crippen LogP contribution in [0.1, 0.15) is 127 Å². The van der Waals surface area contributed by atoms with Crippen molar-refractivity contribution in [1.82, 2.24) is 0 Å². The largest absolute Gasteiger partial charge is 0.466 e. The molecule has 1 aromatic rings. The molecule has 0 fully saturated rings. The smallest absolute Gasteiger partial charge is 0.416 e. The van der Waals surface area contributed by atoms with E-state index >= 15 is 0 Å². The molecule has 0 amide bonds. The summed E-state index contributed by atoms with van der Waals surface area (Å²) in [6.45, 7) is 1.66. The third-order valence-corrected chi connectivity index (χ3v) is 6.35.